The molecule has 0 aliphatic rings. The molecule has 0 atom stereocenters. The average molecular weight is 406 g/mol. The van der Waals surface area contributed by atoms with Gasteiger partial charge in [-0.05, 0) is 67.8 Å². The first kappa shape index (κ1) is 22.7. The smallest absolute Gasteiger partial charge is 0.331 e. The molecule has 156 valence electrons. The SMILES string of the molecule is CCOc1ccc(/C=C/C(=O)OCC(=O)N(CCC#N)c2cc(C)cc(C)c2)cc1. The summed E-state index contributed by atoms with van der Waals surface area (Å²) in [5.41, 5.74) is 3.52. The Kier molecular flexibility index (Phi) is 8.64. The van der Waals surface area contributed by atoms with E-state index in [2.05, 4.69) is 0 Å². The standard InChI is InChI=1S/C24H26N2O4/c1-4-29-22-9-6-20(7-10-22)8-11-24(28)30-17-23(27)26(13-5-12-25)21-15-18(2)14-19(3)16-21/h6-11,14-16H,4-5,13,17H2,1-3H3/b11-8+. The predicted molar refractivity (Wildman–Crippen MR) is 116 cm³/mol. The number of esters is 1. The highest BCUT2D eigenvalue weighted by molar-refractivity contribution is 5.96. The molecule has 0 aliphatic carbocycles. The van der Waals surface area contributed by atoms with Crippen LogP contribution in [-0.2, 0) is 14.3 Å². The molecular weight excluding hydrogens is 380 g/mol. The highest BCUT2D eigenvalue weighted by atomic mass is 16.5. The fourth-order valence-corrected chi connectivity index (χ4v) is 2.93. The second-order valence-electron chi connectivity index (χ2n) is 6.74. The Morgan fingerprint density at radius 1 is 1.10 bits per heavy atom. The van der Waals surface area contributed by atoms with Crippen molar-refractivity contribution in [1.29, 1.82) is 5.26 Å². The summed E-state index contributed by atoms with van der Waals surface area (Å²) in [5, 5.41) is 8.91. The Hall–Kier alpha value is -3.59. The fraction of sp³-hybridized carbons (Fsp3) is 0.292. The van der Waals surface area contributed by atoms with E-state index < -0.39 is 12.6 Å². The maximum absolute atomic E-state index is 12.7. The molecule has 6 heteroatoms. The molecule has 0 N–H and O–H groups in total. The molecule has 0 bridgehead atoms. The highest BCUT2D eigenvalue weighted by Gasteiger charge is 2.17. The van der Waals surface area contributed by atoms with Crippen LogP contribution < -0.4 is 9.64 Å². The molecule has 0 spiro atoms. The monoisotopic (exact) mass is 406 g/mol. The van der Waals surface area contributed by atoms with Gasteiger partial charge >= 0.3 is 5.97 Å². The summed E-state index contributed by atoms with van der Waals surface area (Å²) in [5.74, 6) is -0.234. The van der Waals surface area contributed by atoms with Crippen LogP contribution in [0.5, 0.6) is 5.75 Å². The van der Waals surface area contributed by atoms with Crippen molar-refractivity contribution < 1.29 is 19.1 Å². The zero-order valence-corrected chi connectivity index (χ0v) is 17.6. The van der Waals surface area contributed by atoms with Gasteiger partial charge in [-0.1, -0.05) is 18.2 Å². The first-order valence-electron chi connectivity index (χ1n) is 9.76. The van der Waals surface area contributed by atoms with Gasteiger partial charge in [-0.15, -0.1) is 0 Å². The third-order valence-corrected chi connectivity index (χ3v) is 4.21. The van der Waals surface area contributed by atoms with Crippen molar-refractivity contribution in [3.05, 3.63) is 65.2 Å². The summed E-state index contributed by atoms with van der Waals surface area (Å²) in [4.78, 5) is 26.1. The van der Waals surface area contributed by atoms with E-state index in [-0.39, 0.29) is 18.9 Å². The second-order valence-corrected chi connectivity index (χ2v) is 6.74. The van der Waals surface area contributed by atoms with Crippen LogP contribution in [0.25, 0.3) is 6.08 Å². The van der Waals surface area contributed by atoms with Crippen LogP contribution in [0.2, 0.25) is 0 Å². The van der Waals surface area contributed by atoms with Gasteiger partial charge in [0.2, 0.25) is 0 Å². The van der Waals surface area contributed by atoms with Crippen molar-refractivity contribution in [3.63, 3.8) is 0 Å². The lowest BCUT2D eigenvalue weighted by molar-refractivity contribution is -0.142. The van der Waals surface area contributed by atoms with Crippen molar-refractivity contribution in [2.24, 2.45) is 0 Å². The van der Waals surface area contributed by atoms with Crippen LogP contribution in [0.3, 0.4) is 0 Å². The normalized spacial score (nSPS) is 10.5. The first-order chi connectivity index (χ1) is 14.4. The maximum atomic E-state index is 12.7. The number of carbonyl (C=O) groups excluding carboxylic acids is 2. The molecule has 0 saturated carbocycles. The fourth-order valence-electron chi connectivity index (χ4n) is 2.93. The van der Waals surface area contributed by atoms with Crippen molar-refractivity contribution in [2.45, 2.75) is 27.2 Å². The summed E-state index contributed by atoms with van der Waals surface area (Å²) in [6.45, 7) is 6.21. The van der Waals surface area contributed by atoms with Gasteiger partial charge in [0.05, 0.1) is 19.1 Å². The number of amides is 1. The summed E-state index contributed by atoms with van der Waals surface area (Å²) in [6, 6.07) is 15.1. The molecule has 0 unspecified atom stereocenters. The molecule has 0 fully saturated rings. The lowest BCUT2D eigenvalue weighted by Gasteiger charge is -2.22. The van der Waals surface area contributed by atoms with Crippen molar-refractivity contribution in [1.82, 2.24) is 0 Å². The van der Waals surface area contributed by atoms with Crippen LogP contribution in [0.15, 0.2) is 48.5 Å². The number of rotatable bonds is 9. The van der Waals surface area contributed by atoms with E-state index in [1.54, 1.807) is 6.08 Å². The predicted octanol–water partition coefficient (Wildman–Crippen LogP) is 4.21. The van der Waals surface area contributed by atoms with Gasteiger partial charge in [0.15, 0.2) is 6.61 Å². The van der Waals surface area contributed by atoms with Gasteiger partial charge in [0.25, 0.3) is 5.91 Å². The Balaban J connectivity index is 1.98. The van der Waals surface area contributed by atoms with E-state index in [9.17, 15) is 9.59 Å². The molecule has 2 rings (SSSR count). The van der Waals surface area contributed by atoms with Gasteiger partial charge < -0.3 is 14.4 Å². The van der Waals surface area contributed by atoms with Gasteiger partial charge in [-0.3, -0.25) is 4.79 Å². The zero-order chi connectivity index (χ0) is 21.9. The summed E-state index contributed by atoms with van der Waals surface area (Å²) >= 11 is 0. The molecule has 0 heterocycles. The molecule has 2 aromatic rings. The minimum absolute atomic E-state index is 0.185. The van der Waals surface area contributed by atoms with E-state index in [1.165, 1.54) is 11.0 Å². The largest absolute Gasteiger partial charge is 0.494 e. The van der Waals surface area contributed by atoms with E-state index in [0.717, 1.165) is 22.4 Å². The quantitative estimate of drug-likeness (QED) is 0.460. The van der Waals surface area contributed by atoms with E-state index >= 15 is 0 Å². The van der Waals surface area contributed by atoms with Gasteiger partial charge in [-0.25, -0.2) is 4.79 Å². The Morgan fingerprint density at radius 2 is 1.77 bits per heavy atom. The number of nitriles is 1. The molecule has 6 nitrogen and oxygen atoms in total. The van der Waals surface area contributed by atoms with Crippen molar-refractivity contribution in [3.8, 4) is 11.8 Å². The Bertz CT molecular complexity index is 922. The van der Waals surface area contributed by atoms with Crippen LogP contribution >= 0.6 is 0 Å². The molecule has 1 amide bonds. The number of aryl methyl sites for hydroxylation is 2. The zero-order valence-electron chi connectivity index (χ0n) is 17.6. The van der Waals surface area contributed by atoms with Crippen LogP contribution in [0.4, 0.5) is 5.69 Å². The maximum Gasteiger partial charge on any atom is 0.331 e. The lowest BCUT2D eigenvalue weighted by atomic mass is 10.1. The number of nitrogens with zero attached hydrogens (tertiary/aromatic N) is 2. The van der Waals surface area contributed by atoms with Gasteiger partial charge in [0.1, 0.15) is 5.75 Å². The third kappa shape index (κ3) is 7.10. The molecular formula is C24H26N2O4. The average Bonchev–Trinajstić information content (AvgIpc) is 2.71. The molecule has 0 saturated heterocycles. The summed E-state index contributed by atoms with van der Waals surface area (Å²) in [6.07, 6.45) is 3.07. The van der Waals surface area contributed by atoms with Crippen molar-refractivity contribution in [2.75, 3.05) is 24.7 Å². The first-order valence-corrected chi connectivity index (χ1v) is 9.76. The topological polar surface area (TPSA) is 79.6 Å². The number of anilines is 1. The highest BCUT2D eigenvalue weighted by Crippen LogP contribution is 2.19. The molecule has 0 aromatic heterocycles. The third-order valence-electron chi connectivity index (χ3n) is 4.21. The van der Waals surface area contributed by atoms with E-state index in [0.29, 0.717) is 12.3 Å². The number of benzene rings is 2. The van der Waals surface area contributed by atoms with E-state index in [1.807, 2.05) is 69.3 Å². The minimum Gasteiger partial charge on any atom is -0.494 e. The second kappa shape index (κ2) is 11.4. The van der Waals surface area contributed by atoms with Crippen LogP contribution in [0.1, 0.15) is 30.0 Å². The van der Waals surface area contributed by atoms with Crippen molar-refractivity contribution >= 4 is 23.6 Å². The Morgan fingerprint density at radius 3 is 2.37 bits per heavy atom. The lowest BCUT2D eigenvalue weighted by Crippen LogP contribution is -2.35. The number of hydrogen-bond donors (Lipinski definition) is 0. The molecule has 30 heavy (non-hydrogen) atoms. The molecule has 2 aromatic carbocycles. The summed E-state index contributed by atoms with van der Waals surface area (Å²) in [7, 11) is 0. The van der Waals surface area contributed by atoms with E-state index in [4.69, 9.17) is 14.7 Å². The van der Waals surface area contributed by atoms with Crippen LogP contribution in [0, 0.1) is 25.2 Å². The van der Waals surface area contributed by atoms with Gasteiger partial charge in [-0.2, -0.15) is 5.26 Å². The minimum atomic E-state index is -0.613. The summed E-state index contributed by atoms with van der Waals surface area (Å²) < 4.78 is 10.5. The molecule has 0 aliphatic heterocycles. The number of carbonyl (C=O) groups is 2. The Labute approximate surface area is 177 Å². The number of hydrogen-bond acceptors (Lipinski definition) is 5. The van der Waals surface area contributed by atoms with Gasteiger partial charge in [0, 0.05) is 18.3 Å². The van der Waals surface area contributed by atoms with Crippen LogP contribution in [-0.4, -0.2) is 31.6 Å². The molecule has 0 radical (unpaired) electrons. The number of ether oxygens (including phenoxy) is 2.